The van der Waals surface area contributed by atoms with Crippen LogP contribution in [0.3, 0.4) is 0 Å². The van der Waals surface area contributed by atoms with E-state index >= 15 is 0 Å². The molecule has 1 saturated heterocycles. The van der Waals surface area contributed by atoms with Gasteiger partial charge in [-0.15, -0.1) is 0 Å². The zero-order valence-electron chi connectivity index (χ0n) is 11.5. The first kappa shape index (κ1) is 13.9. The molecule has 0 aliphatic carbocycles. The normalized spacial score (nSPS) is 18.0. The second kappa shape index (κ2) is 5.73. The van der Waals surface area contributed by atoms with Crippen LogP contribution in [0.1, 0.15) is 22.5 Å². The van der Waals surface area contributed by atoms with Crippen molar-refractivity contribution in [1.82, 2.24) is 10.5 Å². The van der Waals surface area contributed by atoms with E-state index in [4.69, 9.17) is 4.52 Å². The van der Waals surface area contributed by atoms with Gasteiger partial charge in [-0.1, -0.05) is 47.3 Å². The van der Waals surface area contributed by atoms with Crippen LogP contribution in [0.5, 0.6) is 0 Å². The Morgan fingerprint density at radius 1 is 1.38 bits per heavy atom. The van der Waals surface area contributed by atoms with Crippen molar-refractivity contribution < 1.29 is 14.1 Å². The summed E-state index contributed by atoms with van der Waals surface area (Å²) in [5.41, 5.74) is 1.71. The lowest BCUT2D eigenvalue weighted by Gasteiger charge is -2.10. The molecule has 5 nitrogen and oxygen atoms in total. The Kier molecular flexibility index (Phi) is 3.79. The van der Waals surface area contributed by atoms with Crippen LogP contribution in [-0.4, -0.2) is 28.0 Å². The van der Waals surface area contributed by atoms with E-state index in [0.29, 0.717) is 23.4 Å². The van der Waals surface area contributed by atoms with Crippen molar-refractivity contribution in [3.8, 4) is 11.3 Å². The number of nitrogens with one attached hydrogen (secondary N) is 1. The highest BCUT2D eigenvalue weighted by atomic mass is 32.2. The Hall–Kier alpha value is -2.08. The van der Waals surface area contributed by atoms with Crippen LogP contribution in [0.15, 0.2) is 34.9 Å². The summed E-state index contributed by atoms with van der Waals surface area (Å²) >= 11 is 1.26. The van der Waals surface area contributed by atoms with Gasteiger partial charge in [-0.05, 0) is 13.3 Å². The topological polar surface area (TPSA) is 72.2 Å². The van der Waals surface area contributed by atoms with Gasteiger partial charge in [0.05, 0.1) is 6.04 Å². The van der Waals surface area contributed by atoms with Crippen molar-refractivity contribution in [3.63, 3.8) is 0 Å². The minimum atomic E-state index is -0.416. The van der Waals surface area contributed by atoms with Crippen molar-refractivity contribution in [3.05, 3.63) is 41.7 Å². The number of amides is 1. The van der Waals surface area contributed by atoms with Gasteiger partial charge >= 0.3 is 0 Å². The first-order chi connectivity index (χ1) is 10.2. The fraction of sp³-hybridized carbons (Fsp3) is 0.267. The van der Waals surface area contributed by atoms with Crippen molar-refractivity contribution >= 4 is 22.8 Å². The van der Waals surface area contributed by atoms with E-state index in [9.17, 15) is 9.59 Å². The van der Waals surface area contributed by atoms with Crippen LogP contribution in [0.25, 0.3) is 11.3 Å². The molecule has 1 aliphatic heterocycles. The molecule has 1 amide bonds. The summed E-state index contributed by atoms with van der Waals surface area (Å²) in [5.74, 6) is 0.885. The van der Waals surface area contributed by atoms with Crippen LogP contribution in [-0.2, 0) is 4.79 Å². The number of rotatable bonds is 3. The van der Waals surface area contributed by atoms with Gasteiger partial charge in [-0.25, -0.2) is 0 Å². The lowest BCUT2D eigenvalue weighted by molar-refractivity contribution is -0.112. The SMILES string of the molecule is Cc1onc(-c2ccccc2)c1C(=O)N[C@@H]1CCSC1=O. The molecule has 1 atom stereocenters. The first-order valence-corrected chi connectivity index (χ1v) is 7.64. The zero-order chi connectivity index (χ0) is 14.8. The summed E-state index contributed by atoms with van der Waals surface area (Å²) in [4.78, 5) is 24.1. The molecule has 0 spiro atoms. The minimum Gasteiger partial charge on any atom is -0.360 e. The molecule has 2 heterocycles. The predicted molar refractivity (Wildman–Crippen MR) is 80.0 cm³/mol. The van der Waals surface area contributed by atoms with Gasteiger partial charge in [0.25, 0.3) is 5.91 Å². The highest BCUT2D eigenvalue weighted by Gasteiger charge is 2.30. The van der Waals surface area contributed by atoms with Crippen molar-refractivity contribution in [1.29, 1.82) is 0 Å². The molecule has 0 bridgehead atoms. The molecule has 21 heavy (non-hydrogen) atoms. The van der Waals surface area contributed by atoms with E-state index in [1.807, 2.05) is 30.3 Å². The van der Waals surface area contributed by atoms with Gasteiger partial charge in [-0.3, -0.25) is 9.59 Å². The van der Waals surface area contributed by atoms with E-state index in [1.54, 1.807) is 6.92 Å². The number of aromatic nitrogens is 1. The number of benzene rings is 1. The lowest BCUT2D eigenvalue weighted by atomic mass is 10.1. The molecule has 0 unspecified atom stereocenters. The standard InChI is InChI=1S/C15H14N2O3S/c1-9-12(14(18)16-11-7-8-21-15(11)19)13(17-20-9)10-5-3-2-4-6-10/h2-6,11H,7-8H2,1H3,(H,16,18)/t11-/m1/s1. The summed E-state index contributed by atoms with van der Waals surface area (Å²) in [6, 6.07) is 8.95. The predicted octanol–water partition coefficient (Wildman–Crippen LogP) is 2.41. The maximum atomic E-state index is 12.4. The molecule has 1 N–H and O–H groups in total. The average molecular weight is 302 g/mol. The van der Waals surface area contributed by atoms with Crippen molar-refractivity contribution in [2.75, 3.05) is 5.75 Å². The second-order valence-electron chi connectivity index (χ2n) is 4.81. The first-order valence-electron chi connectivity index (χ1n) is 6.66. The Morgan fingerprint density at radius 3 is 2.81 bits per heavy atom. The molecular formula is C15H14N2O3S. The monoisotopic (exact) mass is 302 g/mol. The van der Waals surface area contributed by atoms with Gasteiger partial charge < -0.3 is 9.84 Å². The largest absolute Gasteiger partial charge is 0.360 e. The van der Waals surface area contributed by atoms with Gasteiger partial charge in [0.1, 0.15) is 17.0 Å². The van der Waals surface area contributed by atoms with Gasteiger partial charge in [0.15, 0.2) is 0 Å². The van der Waals surface area contributed by atoms with E-state index in [1.165, 1.54) is 11.8 Å². The Balaban J connectivity index is 1.90. The van der Waals surface area contributed by atoms with E-state index in [0.717, 1.165) is 11.3 Å². The number of hydrogen-bond acceptors (Lipinski definition) is 5. The molecule has 2 aromatic rings. The van der Waals surface area contributed by atoms with Crippen LogP contribution in [0.4, 0.5) is 0 Å². The summed E-state index contributed by atoms with van der Waals surface area (Å²) in [5, 5.41) is 6.76. The number of thioether (sulfide) groups is 1. The maximum Gasteiger partial charge on any atom is 0.257 e. The Bertz CT molecular complexity index is 681. The summed E-state index contributed by atoms with van der Waals surface area (Å²) < 4.78 is 5.16. The highest BCUT2D eigenvalue weighted by molar-refractivity contribution is 8.14. The van der Waals surface area contributed by atoms with E-state index < -0.39 is 6.04 Å². The lowest BCUT2D eigenvalue weighted by Crippen LogP contribution is -2.37. The number of aryl methyl sites for hydroxylation is 1. The maximum absolute atomic E-state index is 12.4. The molecular weight excluding hydrogens is 288 g/mol. The minimum absolute atomic E-state index is 0.0127. The number of hydrogen-bond donors (Lipinski definition) is 1. The van der Waals surface area contributed by atoms with Crippen LogP contribution < -0.4 is 5.32 Å². The third kappa shape index (κ3) is 2.71. The van der Waals surface area contributed by atoms with Gasteiger partial charge in [-0.2, -0.15) is 0 Å². The molecule has 1 aliphatic rings. The molecule has 6 heteroatoms. The van der Waals surface area contributed by atoms with Crippen LogP contribution in [0, 0.1) is 6.92 Å². The third-order valence-electron chi connectivity index (χ3n) is 3.38. The van der Waals surface area contributed by atoms with Crippen molar-refractivity contribution in [2.24, 2.45) is 0 Å². The van der Waals surface area contributed by atoms with E-state index in [2.05, 4.69) is 10.5 Å². The fourth-order valence-corrected chi connectivity index (χ4v) is 3.22. The average Bonchev–Trinajstić information content (AvgIpc) is 3.06. The summed E-state index contributed by atoms with van der Waals surface area (Å²) in [6.07, 6.45) is 0.667. The quantitative estimate of drug-likeness (QED) is 0.942. The zero-order valence-corrected chi connectivity index (χ0v) is 12.3. The third-order valence-corrected chi connectivity index (χ3v) is 4.39. The molecule has 0 radical (unpaired) electrons. The molecule has 3 rings (SSSR count). The van der Waals surface area contributed by atoms with Crippen LogP contribution in [0.2, 0.25) is 0 Å². The smallest absolute Gasteiger partial charge is 0.257 e. The summed E-state index contributed by atoms with van der Waals surface area (Å²) in [7, 11) is 0. The Morgan fingerprint density at radius 2 is 2.14 bits per heavy atom. The molecule has 108 valence electrons. The van der Waals surface area contributed by atoms with Gasteiger partial charge in [0, 0.05) is 11.3 Å². The van der Waals surface area contributed by atoms with Gasteiger partial charge in [0.2, 0.25) is 5.12 Å². The number of carbonyl (C=O) groups is 2. The summed E-state index contributed by atoms with van der Waals surface area (Å²) in [6.45, 7) is 1.69. The number of nitrogens with zero attached hydrogens (tertiary/aromatic N) is 1. The number of carbonyl (C=O) groups excluding carboxylic acids is 2. The molecule has 1 aromatic heterocycles. The van der Waals surface area contributed by atoms with Crippen LogP contribution >= 0.6 is 11.8 Å². The van der Waals surface area contributed by atoms with E-state index in [-0.39, 0.29) is 11.0 Å². The molecule has 1 fully saturated rings. The van der Waals surface area contributed by atoms with Crippen molar-refractivity contribution in [2.45, 2.75) is 19.4 Å². The second-order valence-corrected chi connectivity index (χ2v) is 5.91. The molecule has 1 aromatic carbocycles. The fourth-order valence-electron chi connectivity index (χ4n) is 2.29. The highest BCUT2D eigenvalue weighted by Crippen LogP contribution is 2.26. The Labute approximate surface area is 126 Å². The molecule has 0 saturated carbocycles.